The smallest absolute Gasteiger partial charge is 0.326 e. The summed E-state index contributed by atoms with van der Waals surface area (Å²) in [5.41, 5.74) is 32.6. The van der Waals surface area contributed by atoms with Gasteiger partial charge in [0.1, 0.15) is 42.3 Å². The van der Waals surface area contributed by atoms with Gasteiger partial charge < -0.3 is 86.1 Å². The van der Waals surface area contributed by atoms with Crippen molar-refractivity contribution in [2.45, 2.75) is 132 Å². The number of hydrogen-bond donors (Lipinski definition) is 14. The fraction of sp³-hybridized carbons (Fsp3) is 0.684. The first-order valence-electron chi connectivity index (χ1n) is 21.4. The number of nitrogens with zero attached hydrogens (tertiary/aromatic N) is 3. The van der Waals surface area contributed by atoms with E-state index in [9.17, 15) is 68.1 Å². The normalized spacial score (nSPS) is 18.3. The maximum Gasteiger partial charge on any atom is 0.326 e. The van der Waals surface area contributed by atoms with Crippen LogP contribution in [0.4, 0.5) is 0 Å². The molecule has 2 saturated heterocycles. The van der Waals surface area contributed by atoms with Gasteiger partial charge in [-0.1, -0.05) is 0 Å². The molecule has 9 amide bonds. The van der Waals surface area contributed by atoms with E-state index in [-0.39, 0.29) is 57.7 Å². The highest BCUT2D eigenvalue weighted by molar-refractivity contribution is 5.99. The van der Waals surface area contributed by atoms with Crippen LogP contribution < -0.4 is 61.0 Å². The number of primary amides is 2. The first kappa shape index (κ1) is 55.5. The number of unbranched alkanes of at least 4 members (excludes halogenated alkanes) is 1. The predicted octanol–water partition coefficient (Wildman–Crippen LogP) is -7.41. The molecule has 0 bridgehead atoms. The average Bonchev–Trinajstić information content (AvgIpc) is 3.95. The summed E-state index contributed by atoms with van der Waals surface area (Å²) in [5, 5.41) is 40.9. The van der Waals surface area contributed by atoms with Crippen molar-refractivity contribution in [3.63, 3.8) is 0 Å². The van der Waals surface area contributed by atoms with E-state index in [0.29, 0.717) is 32.2 Å². The van der Waals surface area contributed by atoms with Crippen LogP contribution in [-0.2, 0) is 52.7 Å². The van der Waals surface area contributed by atoms with Crippen molar-refractivity contribution in [2.75, 3.05) is 32.8 Å². The molecule has 2 aliphatic rings. The molecule has 20 N–H and O–H groups in total. The maximum atomic E-state index is 14.0. The Hall–Kier alpha value is -6.68. The minimum atomic E-state index is -1.89. The van der Waals surface area contributed by atoms with Gasteiger partial charge in [-0.05, 0) is 70.8 Å². The van der Waals surface area contributed by atoms with Gasteiger partial charge in [0.05, 0.1) is 25.5 Å². The fourth-order valence-electron chi connectivity index (χ4n) is 7.33. The highest BCUT2D eigenvalue weighted by atomic mass is 16.4. The summed E-state index contributed by atoms with van der Waals surface area (Å²) in [4.78, 5) is 148. The Balaban J connectivity index is 2.30. The third-order valence-corrected chi connectivity index (χ3v) is 10.7. The van der Waals surface area contributed by atoms with E-state index in [4.69, 9.17) is 34.4 Å². The molecule has 0 radical (unpaired) electrons. The highest BCUT2D eigenvalue weighted by Crippen LogP contribution is 2.22. The molecular weight excluding hydrogens is 877 g/mol. The van der Waals surface area contributed by atoms with Crippen LogP contribution in [0.15, 0.2) is 4.99 Å². The van der Waals surface area contributed by atoms with E-state index in [1.165, 1.54) is 4.90 Å². The number of rotatable bonds is 29. The number of amides is 9. The number of nitrogens with two attached hydrogens (primary N) is 6. The van der Waals surface area contributed by atoms with Crippen molar-refractivity contribution in [1.82, 2.24) is 36.4 Å². The van der Waals surface area contributed by atoms with Crippen molar-refractivity contribution in [3.05, 3.63) is 0 Å². The van der Waals surface area contributed by atoms with Crippen LogP contribution in [0.1, 0.15) is 83.5 Å². The summed E-state index contributed by atoms with van der Waals surface area (Å²) in [6.45, 7) is -0.678. The number of aliphatic imine (C=N–C) groups is 1. The van der Waals surface area contributed by atoms with Crippen molar-refractivity contribution in [1.29, 1.82) is 0 Å². The zero-order valence-corrected chi connectivity index (χ0v) is 36.5. The van der Waals surface area contributed by atoms with Gasteiger partial charge in [0.25, 0.3) is 0 Å². The Labute approximate surface area is 379 Å². The number of carbonyl (C=O) groups excluding carboxylic acids is 9. The number of aliphatic hydroxyl groups excluding tert-OH is 1. The number of guanidine groups is 1. The highest BCUT2D eigenvalue weighted by Gasteiger charge is 2.41. The molecule has 2 aliphatic heterocycles. The SMILES string of the molecule is NCCCCC(NC(=O)C1CCCN1C(=O)C(CCCN=C(N)N)NC(=O)C(CO)NC(=O)C(CC(N)=O)NC(=O)C(CCC(=O)O)NC(=O)C1CCCN1C(=O)C(N)CC(N)=O)C(=O)O. The maximum absolute atomic E-state index is 14.0. The van der Waals surface area contributed by atoms with Gasteiger partial charge in [-0.15, -0.1) is 0 Å². The van der Waals surface area contributed by atoms with Gasteiger partial charge in [0.15, 0.2) is 5.96 Å². The lowest BCUT2D eigenvalue weighted by atomic mass is 10.1. The molecule has 2 heterocycles. The average molecular weight is 941 g/mol. The van der Waals surface area contributed by atoms with Crippen LogP contribution >= 0.6 is 0 Å². The largest absolute Gasteiger partial charge is 0.481 e. The molecule has 0 aromatic heterocycles. The number of carbonyl (C=O) groups is 11. The minimum absolute atomic E-state index is 0.000275. The second kappa shape index (κ2) is 27.6. The number of carboxylic acid groups (broad SMARTS) is 2. The Kier molecular flexibility index (Phi) is 23.2. The first-order chi connectivity index (χ1) is 31.1. The Morgan fingerprint density at radius 2 is 1.11 bits per heavy atom. The summed E-state index contributed by atoms with van der Waals surface area (Å²) in [6, 6.07) is -11.8. The number of carboxylic acids is 2. The Bertz CT molecular complexity index is 1810. The van der Waals surface area contributed by atoms with Crippen LogP contribution in [0.2, 0.25) is 0 Å². The van der Waals surface area contributed by atoms with Crippen molar-refractivity contribution in [2.24, 2.45) is 39.4 Å². The second-order valence-electron chi connectivity index (χ2n) is 15.8. The molecule has 28 nitrogen and oxygen atoms in total. The summed E-state index contributed by atoms with van der Waals surface area (Å²) in [7, 11) is 0. The third-order valence-electron chi connectivity index (χ3n) is 10.7. The van der Waals surface area contributed by atoms with Crippen LogP contribution in [-0.4, -0.2) is 177 Å². The molecule has 8 atom stereocenters. The number of nitrogens with one attached hydrogen (secondary N) is 5. The third kappa shape index (κ3) is 18.1. The van der Waals surface area contributed by atoms with Gasteiger partial charge in [-0.2, -0.15) is 0 Å². The molecule has 0 saturated carbocycles. The van der Waals surface area contributed by atoms with Crippen LogP contribution in [0.3, 0.4) is 0 Å². The molecule has 2 rings (SSSR count). The Morgan fingerprint density at radius 3 is 1.62 bits per heavy atom. The number of aliphatic hydroxyl groups is 1. The van der Waals surface area contributed by atoms with Crippen molar-refractivity contribution < 1.29 is 68.1 Å². The zero-order valence-electron chi connectivity index (χ0n) is 36.5. The monoisotopic (exact) mass is 940 g/mol. The lowest BCUT2D eigenvalue weighted by Crippen LogP contribution is -2.61. The van der Waals surface area contributed by atoms with Gasteiger partial charge >= 0.3 is 11.9 Å². The van der Waals surface area contributed by atoms with E-state index in [1.54, 1.807) is 0 Å². The molecule has 0 spiro atoms. The van der Waals surface area contributed by atoms with Crippen LogP contribution in [0.5, 0.6) is 0 Å². The lowest BCUT2D eigenvalue weighted by molar-refractivity contribution is -0.145. The van der Waals surface area contributed by atoms with E-state index in [2.05, 4.69) is 31.6 Å². The molecule has 0 aromatic carbocycles. The Morgan fingerprint density at radius 1 is 0.606 bits per heavy atom. The van der Waals surface area contributed by atoms with E-state index in [0.717, 1.165) is 4.90 Å². The van der Waals surface area contributed by atoms with E-state index >= 15 is 0 Å². The molecule has 66 heavy (non-hydrogen) atoms. The number of likely N-dealkylation sites (tertiary alicyclic amines) is 2. The van der Waals surface area contributed by atoms with Crippen LogP contribution in [0.25, 0.3) is 0 Å². The van der Waals surface area contributed by atoms with E-state index < -0.39 is 146 Å². The van der Waals surface area contributed by atoms with Gasteiger partial charge in [0.2, 0.25) is 53.2 Å². The van der Waals surface area contributed by atoms with Crippen LogP contribution in [0, 0.1) is 0 Å². The molecule has 0 aromatic rings. The molecule has 2 fully saturated rings. The summed E-state index contributed by atoms with van der Waals surface area (Å²) >= 11 is 0. The first-order valence-corrected chi connectivity index (χ1v) is 21.4. The van der Waals surface area contributed by atoms with Crippen molar-refractivity contribution in [3.8, 4) is 0 Å². The van der Waals surface area contributed by atoms with E-state index in [1.807, 2.05) is 0 Å². The lowest BCUT2D eigenvalue weighted by Gasteiger charge is -2.30. The summed E-state index contributed by atoms with van der Waals surface area (Å²) < 4.78 is 0. The fourth-order valence-corrected chi connectivity index (χ4v) is 7.33. The number of hydrogen-bond acceptors (Lipinski definition) is 15. The topological polar surface area (TPSA) is 484 Å². The van der Waals surface area contributed by atoms with Crippen molar-refractivity contribution >= 4 is 71.1 Å². The second-order valence-corrected chi connectivity index (χ2v) is 15.8. The number of aliphatic carboxylic acids is 2. The van der Waals surface area contributed by atoms with Gasteiger partial charge in [0, 0.05) is 26.1 Å². The summed E-state index contributed by atoms with van der Waals surface area (Å²) in [5.74, 6) is -11.7. The standard InChI is InChI=1S/C38H64N14O14/c39-12-2-1-6-22(37(65)66)48-34(62)26-9-5-15-52(26)36(64)21(7-3-13-45-38(43)44)47-32(60)24(18-53)50-31(59)23(17-28(42)55)49-30(58)20(10-11-29(56)57)46-33(61)25-8-4-14-51(25)35(63)19(40)16-27(41)54/h19-26,53H,1-18,39-40H2,(H2,41,54)(H2,42,55)(H,46,61)(H,47,60)(H,48,62)(H,49,58)(H,50,59)(H,56,57)(H,65,66)(H4,43,44,45). The van der Waals surface area contributed by atoms with Gasteiger partial charge in [-0.25, -0.2) is 4.79 Å². The molecule has 0 aliphatic carbocycles. The van der Waals surface area contributed by atoms with Gasteiger partial charge in [-0.3, -0.25) is 52.9 Å². The molecule has 28 heteroatoms. The molecule has 8 unspecified atom stereocenters. The quantitative estimate of drug-likeness (QED) is 0.0188. The summed E-state index contributed by atoms with van der Waals surface area (Å²) in [6.07, 6.45) is -0.719. The molecular formula is C38H64N14O14. The zero-order chi connectivity index (χ0) is 49.7. The minimum Gasteiger partial charge on any atom is -0.481 e. The predicted molar refractivity (Wildman–Crippen MR) is 229 cm³/mol. The molecule has 370 valence electrons.